The molecule has 0 amide bonds. The molecule has 0 aliphatic rings. The van der Waals surface area contributed by atoms with Gasteiger partial charge in [-0.05, 0) is 19.1 Å². The van der Waals surface area contributed by atoms with Gasteiger partial charge < -0.3 is 15.1 Å². The molecule has 1 rings (SSSR count). The molecule has 0 spiro atoms. The summed E-state index contributed by atoms with van der Waals surface area (Å²) in [7, 11) is 1.28. The minimum atomic E-state index is -1.28. The zero-order valence-corrected chi connectivity index (χ0v) is 10.2. The van der Waals surface area contributed by atoms with Crippen molar-refractivity contribution < 1.29 is 24.6 Å². The van der Waals surface area contributed by atoms with Crippen LogP contribution in [0.2, 0.25) is 0 Å². The molecular formula is C12H15NO5. The summed E-state index contributed by atoms with van der Waals surface area (Å²) >= 11 is 0. The van der Waals surface area contributed by atoms with E-state index in [0.717, 1.165) is 10.6 Å². The lowest BCUT2D eigenvalue weighted by Crippen LogP contribution is -2.42. The van der Waals surface area contributed by atoms with Gasteiger partial charge in [0, 0.05) is 7.05 Å². The predicted molar refractivity (Wildman–Crippen MR) is 62.9 cm³/mol. The van der Waals surface area contributed by atoms with Crippen LogP contribution < -0.4 is 0 Å². The van der Waals surface area contributed by atoms with E-state index in [0.29, 0.717) is 5.56 Å². The van der Waals surface area contributed by atoms with Gasteiger partial charge in [0.25, 0.3) is 0 Å². The number of carboxylic acids is 1. The minimum Gasteiger partial charge on any atom is -0.480 e. The quantitative estimate of drug-likeness (QED) is 0.741. The highest BCUT2D eigenvalue weighted by Gasteiger charge is 2.25. The second kappa shape index (κ2) is 6.13. The molecule has 0 fully saturated rings. The molecule has 0 heterocycles. The maximum Gasteiger partial charge on any atom is 0.357 e. The van der Waals surface area contributed by atoms with Gasteiger partial charge in [0.15, 0.2) is 6.04 Å². The first-order chi connectivity index (χ1) is 8.45. The van der Waals surface area contributed by atoms with Gasteiger partial charge in [-0.3, -0.25) is 4.79 Å². The Labute approximate surface area is 104 Å². The van der Waals surface area contributed by atoms with Crippen LogP contribution in [0, 0.1) is 6.92 Å². The Bertz CT molecular complexity index is 429. The SMILES string of the molecule is Cc1ccc(C(=O)ON(C)[C@@H](CO)C(=O)O)cc1. The van der Waals surface area contributed by atoms with Crippen LogP contribution in [-0.2, 0) is 9.63 Å². The van der Waals surface area contributed by atoms with E-state index in [1.807, 2.05) is 6.92 Å². The standard InChI is InChI=1S/C12H15NO5/c1-8-3-5-9(6-4-8)12(17)18-13(2)10(7-14)11(15)16/h3-6,10,14H,7H2,1-2H3,(H,15,16)/t10-/m0/s1. The van der Waals surface area contributed by atoms with Crippen molar-refractivity contribution >= 4 is 11.9 Å². The van der Waals surface area contributed by atoms with E-state index in [1.54, 1.807) is 24.3 Å². The van der Waals surface area contributed by atoms with Crippen LogP contribution in [0.3, 0.4) is 0 Å². The number of hydroxylamine groups is 2. The second-order valence-electron chi connectivity index (χ2n) is 3.83. The number of hydrogen-bond donors (Lipinski definition) is 2. The van der Waals surface area contributed by atoms with Crippen molar-refractivity contribution in [3.05, 3.63) is 35.4 Å². The molecule has 0 bridgehead atoms. The average Bonchev–Trinajstić information content (AvgIpc) is 2.29. The van der Waals surface area contributed by atoms with Crippen molar-refractivity contribution in [3.8, 4) is 0 Å². The number of aryl methyl sites for hydroxylation is 1. The van der Waals surface area contributed by atoms with Crippen LogP contribution in [0.15, 0.2) is 24.3 Å². The number of aliphatic hydroxyl groups is 1. The Morgan fingerprint density at radius 1 is 1.33 bits per heavy atom. The number of carbonyl (C=O) groups is 2. The average molecular weight is 253 g/mol. The van der Waals surface area contributed by atoms with E-state index in [9.17, 15) is 9.59 Å². The summed E-state index contributed by atoms with van der Waals surface area (Å²) < 4.78 is 0. The van der Waals surface area contributed by atoms with Crippen molar-refractivity contribution in [2.75, 3.05) is 13.7 Å². The number of likely N-dealkylation sites (N-methyl/N-ethyl adjacent to an activating group) is 1. The maximum atomic E-state index is 11.7. The van der Waals surface area contributed by atoms with Crippen LogP contribution in [0.1, 0.15) is 15.9 Å². The lowest BCUT2D eigenvalue weighted by atomic mass is 10.2. The second-order valence-corrected chi connectivity index (χ2v) is 3.83. The number of carboxylic acid groups (broad SMARTS) is 1. The van der Waals surface area contributed by atoms with Crippen LogP contribution >= 0.6 is 0 Å². The highest BCUT2D eigenvalue weighted by atomic mass is 16.7. The number of rotatable bonds is 5. The lowest BCUT2D eigenvalue weighted by molar-refractivity contribution is -0.168. The molecule has 0 aliphatic heterocycles. The number of nitrogens with zero attached hydrogens (tertiary/aromatic N) is 1. The van der Waals surface area contributed by atoms with E-state index < -0.39 is 24.6 Å². The first-order valence-electron chi connectivity index (χ1n) is 5.31. The number of benzene rings is 1. The summed E-state index contributed by atoms with van der Waals surface area (Å²) in [4.78, 5) is 27.3. The molecule has 1 aromatic carbocycles. The molecule has 0 unspecified atom stereocenters. The molecule has 0 radical (unpaired) electrons. The van der Waals surface area contributed by atoms with E-state index in [-0.39, 0.29) is 0 Å². The van der Waals surface area contributed by atoms with Crippen molar-refractivity contribution in [1.29, 1.82) is 0 Å². The molecule has 6 heteroatoms. The zero-order valence-electron chi connectivity index (χ0n) is 10.2. The van der Waals surface area contributed by atoms with E-state index in [2.05, 4.69) is 0 Å². The third-order valence-corrected chi connectivity index (χ3v) is 2.41. The molecule has 0 saturated carbocycles. The predicted octanol–water partition coefficient (Wildman–Crippen LogP) is 0.444. The fraction of sp³-hybridized carbons (Fsp3) is 0.333. The summed E-state index contributed by atoms with van der Waals surface area (Å²) in [6.45, 7) is 1.24. The first kappa shape index (κ1) is 14.1. The number of carbonyl (C=O) groups excluding carboxylic acids is 1. The van der Waals surface area contributed by atoms with Crippen LogP contribution in [0.25, 0.3) is 0 Å². The fourth-order valence-corrected chi connectivity index (χ4v) is 1.29. The third kappa shape index (κ3) is 3.54. The summed E-state index contributed by atoms with van der Waals surface area (Å²) in [6, 6.07) is 5.38. The van der Waals surface area contributed by atoms with Crippen LogP contribution in [0.5, 0.6) is 0 Å². The molecule has 18 heavy (non-hydrogen) atoms. The van der Waals surface area contributed by atoms with Gasteiger partial charge in [-0.1, -0.05) is 17.7 Å². The number of aliphatic carboxylic acids is 1. The summed E-state index contributed by atoms with van der Waals surface area (Å²) in [5, 5.41) is 18.5. The topological polar surface area (TPSA) is 87.1 Å². The lowest BCUT2D eigenvalue weighted by Gasteiger charge is -2.21. The first-order valence-corrected chi connectivity index (χ1v) is 5.31. The van der Waals surface area contributed by atoms with Crippen molar-refractivity contribution in [1.82, 2.24) is 5.06 Å². The summed E-state index contributed by atoms with van der Waals surface area (Å²) in [5.74, 6) is -1.94. The Hall–Kier alpha value is -1.92. The Morgan fingerprint density at radius 2 is 1.89 bits per heavy atom. The third-order valence-electron chi connectivity index (χ3n) is 2.41. The number of hydrogen-bond acceptors (Lipinski definition) is 5. The van der Waals surface area contributed by atoms with Crippen molar-refractivity contribution in [2.24, 2.45) is 0 Å². The maximum absolute atomic E-state index is 11.7. The smallest absolute Gasteiger partial charge is 0.357 e. The molecular weight excluding hydrogens is 238 g/mol. The van der Waals surface area contributed by atoms with Gasteiger partial charge >= 0.3 is 11.9 Å². The van der Waals surface area contributed by atoms with Crippen LogP contribution in [0.4, 0.5) is 0 Å². The monoisotopic (exact) mass is 253 g/mol. The van der Waals surface area contributed by atoms with E-state index in [4.69, 9.17) is 15.1 Å². The van der Waals surface area contributed by atoms with E-state index >= 15 is 0 Å². The normalized spacial score (nSPS) is 12.2. The molecule has 98 valence electrons. The summed E-state index contributed by atoms with van der Waals surface area (Å²) in [6.07, 6.45) is 0. The van der Waals surface area contributed by atoms with E-state index in [1.165, 1.54) is 7.05 Å². The molecule has 0 aliphatic carbocycles. The van der Waals surface area contributed by atoms with Gasteiger partial charge in [0.1, 0.15) is 0 Å². The van der Waals surface area contributed by atoms with Gasteiger partial charge in [-0.15, -0.1) is 5.06 Å². The highest BCUT2D eigenvalue weighted by molar-refractivity contribution is 5.89. The number of aliphatic hydroxyl groups excluding tert-OH is 1. The Morgan fingerprint density at radius 3 is 2.33 bits per heavy atom. The van der Waals surface area contributed by atoms with Gasteiger partial charge in [-0.25, -0.2) is 4.79 Å². The molecule has 0 aromatic heterocycles. The van der Waals surface area contributed by atoms with Gasteiger partial charge in [-0.2, -0.15) is 0 Å². The highest BCUT2D eigenvalue weighted by Crippen LogP contribution is 2.07. The molecule has 1 atom stereocenters. The molecule has 6 nitrogen and oxygen atoms in total. The van der Waals surface area contributed by atoms with Crippen molar-refractivity contribution in [3.63, 3.8) is 0 Å². The zero-order chi connectivity index (χ0) is 13.7. The van der Waals surface area contributed by atoms with Gasteiger partial charge in [0.2, 0.25) is 0 Å². The molecule has 2 N–H and O–H groups in total. The van der Waals surface area contributed by atoms with Gasteiger partial charge in [0.05, 0.1) is 12.2 Å². The largest absolute Gasteiger partial charge is 0.480 e. The van der Waals surface area contributed by atoms with Crippen LogP contribution in [-0.4, -0.2) is 46.9 Å². The molecule has 1 aromatic rings. The van der Waals surface area contributed by atoms with Crippen molar-refractivity contribution in [2.45, 2.75) is 13.0 Å². The Kier molecular flexibility index (Phi) is 4.82. The Balaban J connectivity index is 2.69. The minimum absolute atomic E-state index is 0.314. The molecule has 0 saturated heterocycles. The fourth-order valence-electron chi connectivity index (χ4n) is 1.29. The summed E-state index contributed by atoms with van der Waals surface area (Å²) in [5.41, 5.74) is 1.31.